The lowest BCUT2D eigenvalue weighted by atomic mass is 10.2. The van der Waals surface area contributed by atoms with Crippen molar-refractivity contribution >= 4 is 11.6 Å². The Hall–Kier alpha value is -2.47. The Bertz CT molecular complexity index is 662. The summed E-state index contributed by atoms with van der Waals surface area (Å²) >= 11 is 0. The van der Waals surface area contributed by atoms with E-state index in [9.17, 15) is 4.79 Å². The minimum absolute atomic E-state index is 0.0294. The van der Waals surface area contributed by atoms with Gasteiger partial charge in [-0.05, 0) is 43.3 Å². The second kappa shape index (κ2) is 8.07. The van der Waals surface area contributed by atoms with Gasteiger partial charge in [0.05, 0.1) is 26.0 Å². The fraction of sp³-hybridized carbons (Fsp3) is 0.421. The van der Waals surface area contributed by atoms with Crippen LogP contribution in [-0.4, -0.2) is 50.6 Å². The molecule has 25 heavy (non-hydrogen) atoms. The number of hydrogen-bond donors (Lipinski definition) is 1. The Morgan fingerprint density at radius 1 is 1.20 bits per heavy atom. The highest BCUT2D eigenvalue weighted by Gasteiger charge is 2.20. The maximum absolute atomic E-state index is 12.2. The summed E-state index contributed by atoms with van der Waals surface area (Å²) in [5.41, 5.74) is 1.19. The second-order valence-corrected chi connectivity index (χ2v) is 6.27. The molecule has 2 aromatic rings. The summed E-state index contributed by atoms with van der Waals surface area (Å²) in [6.45, 7) is 5.91. The van der Waals surface area contributed by atoms with E-state index in [0.717, 1.165) is 37.7 Å². The highest BCUT2D eigenvalue weighted by atomic mass is 16.5. The summed E-state index contributed by atoms with van der Waals surface area (Å²) in [5.74, 6) is 1.67. The maximum Gasteiger partial charge on any atom is 0.234 e. The molecule has 0 saturated carbocycles. The van der Waals surface area contributed by atoms with Crippen LogP contribution in [0.2, 0.25) is 0 Å². The number of amides is 1. The number of hydrogen-bond acceptors (Lipinski definition) is 5. The number of furan rings is 1. The van der Waals surface area contributed by atoms with Crippen molar-refractivity contribution in [2.45, 2.75) is 13.0 Å². The van der Waals surface area contributed by atoms with Crippen LogP contribution < -0.4 is 15.0 Å². The van der Waals surface area contributed by atoms with Gasteiger partial charge in [-0.2, -0.15) is 0 Å². The van der Waals surface area contributed by atoms with Crippen molar-refractivity contribution in [2.75, 3.05) is 44.7 Å². The zero-order valence-electron chi connectivity index (χ0n) is 14.8. The summed E-state index contributed by atoms with van der Waals surface area (Å²) in [5, 5.41) is 2.98. The second-order valence-electron chi connectivity index (χ2n) is 6.27. The van der Waals surface area contributed by atoms with Crippen molar-refractivity contribution in [3.05, 3.63) is 48.4 Å². The molecule has 1 amide bonds. The molecular formula is C19H25N3O3. The predicted molar refractivity (Wildman–Crippen MR) is 96.9 cm³/mol. The molecular weight excluding hydrogens is 318 g/mol. The van der Waals surface area contributed by atoms with Crippen LogP contribution in [0.5, 0.6) is 5.75 Å². The first kappa shape index (κ1) is 17.4. The van der Waals surface area contributed by atoms with Crippen molar-refractivity contribution in [3.8, 4) is 5.75 Å². The molecule has 1 aliphatic rings. The number of carbonyl (C=O) groups is 1. The molecule has 134 valence electrons. The van der Waals surface area contributed by atoms with Gasteiger partial charge < -0.3 is 19.4 Å². The van der Waals surface area contributed by atoms with Gasteiger partial charge in [-0.1, -0.05) is 0 Å². The van der Waals surface area contributed by atoms with Crippen LogP contribution in [0.4, 0.5) is 5.69 Å². The topological polar surface area (TPSA) is 58.0 Å². The molecule has 0 aliphatic carbocycles. The van der Waals surface area contributed by atoms with E-state index in [2.05, 4.69) is 27.2 Å². The Labute approximate surface area is 148 Å². The van der Waals surface area contributed by atoms with Gasteiger partial charge in [0, 0.05) is 31.9 Å². The number of methoxy groups -OCH3 is 1. The Kier molecular flexibility index (Phi) is 5.60. The molecule has 6 nitrogen and oxygen atoms in total. The van der Waals surface area contributed by atoms with Crippen molar-refractivity contribution in [2.24, 2.45) is 0 Å². The monoisotopic (exact) mass is 343 g/mol. The molecule has 1 aromatic carbocycles. The van der Waals surface area contributed by atoms with Gasteiger partial charge >= 0.3 is 0 Å². The number of benzene rings is 1. The summed E-state index contributed by atoms with van der Waals surface area (Å²) in [4.78, 5) is 16.7. The summed E-state index contributed by atoms with van der Waals surface area (Å²) in [6, 6.07) is 11.7. The Balaban J connectivity index is 1.44. The van der Waals surface area contributed by atoms with E-state index < -0.39 is 0 Å². The zero-order valence-corrected chi connectivity index (χ0v) is 14.8. The van der Waals surface area contributed by atoms with Crippen LogP contribution in [0.25, 0.3) is 0 Å². The normalized spacial score (nSPS) is 16.5. The van der Waals surface area contributed by atoms with Crippen molar-refractivity contribution < 1.29 is 13.9 Å². The number of ether oxygens (including phenoxy) is 1. The lowest BCUT2D eigenvalue weighted by Crippen LogP contribution is -2.49. The smallest absolute Gasteiger partial charge is 0.234 e. The zero-order chi connectivity index (χ0) is 17.6. The van der Waals surface area contributed by atoms with Crippen LogP contribution in [0.1, 0.15) is 18.7 Å². The van der Waals surface area contributed by atoms with E-state index in [1.54, 1.807) is 13.4 Å². The third-order valence-corrected chi connectivity index (χ3v) is 4.52. The minimum atomic E-state index is -0.108. The minimum Gasteiger partial charge on any atom is -0.497 e. The lowest BCUT2D eigenvalue weighted by molar-refractivity contribution is -0.123. The summed E-state index contributed by atoms with van der Waals surface area (Å²) < 4.78 is 10.5. The van der Waals surface area contributed by atoms with Gasteiger partial charge in [-0.25, -0.2) is 0 Å². The molecule has 1 atom stereocenters. The fourth-order valence-electron chi connectivity index (χ4n) is 3.06. The van der Waals surface area contributed by atoms with E-state index in [0.29, 0.717) is 6.54 Å². The first-order valence-electron chi connectivity index (χ1n) is 8.60. The molecule has 2 heterocycles. The maximum atomic E-state index is 12.2. The third-order valence-electron chi connectivity index (χ3n) is 4.52. The van der Waals surface area contributed by atoms with Crippen molar-refractivity contribution in [3.63, 3.8) is 0 Å². The molecule has 0 bridgehead atoms. The van der Waals surface area contributed by atoms with E-state index in [-0.39, 0.29) is 11.9 Å². The standard InChI is InChI=1S/C19H25N3O3/c1-15(18-4-3-13-25-18)20-19(23)14-21-9-11-22(12-10-21)16-5-7-17(24-2)8-6-16/h3-8,13,15H,9-12,14H2,1-2H3,(H,20,23)/t15-/m1/s1. The van der Waals surface area contributed by atoms with Gasteiger partial charge in [-0.15, -0.1) is 0 Å². The SMILES string of the molecule is COc1ccc(N2CCN(CC(=O)N[C@H](C)c3ccco3)CC2)cc1. The number of nitrogens with one attached hydrogen (secondary N) is 1. The van der Waals surface area contributed by atoms with Gasteiger partial charge in [0.15, 0.2) is 0 Å². The highest BCUT2D eigenvalue weighted by Crippen LogP contribution is 2.20. The average molecular weight is 343 g/mol. The van der Waals surface area contributed by atoms with E-state index >= 15 is 0 Å². The van der Waals surface area contributed by atoms with Gasteiger partial charge in [0.25, 0.3) is 0 Å². The summed E-state index contributed by atoms with van der Waals surface area (Å²) in [7, 11) is 1.67. The van der Waals surface area contributed by atoms with E-state index in [1.165, 1.54) is 5.69 Å². The average Bonchev–Trinajstić information content (AvgIpc) is 3.17. The third kappa shape index (κ3) is 4.54. The molecule has 3 rings (SSSR count). The van der Waals surface area contributed by atoms with Gasteiger partial charge in [-0.3, -0.25) is 9.69 Å². The molecule has 6 heteroatoms. The van der Waals surface area contributed by atoms with Crippen LogP contribution in [0.15, 0.2) is 47.1 Å². The molecule has 1 aromatic heterocycles. The molecule has 1 aliphatic heterocycles. The van der Waals surface area contributed by atoms with Gasteiger partial charge in [0.1, 0.15) is 11.5 Å². The van der Waals surface area contributed by atoms with Crippen molar-refractivity contribution in [1.29, 1.82) is 0 Å². The Morgan fingerprint density at radius 3 is 2.52 bits per heavy atom. The first-order valence-corrected chi connectivity index (χ1v) is 8.60. The molecule has 0 radical (unpaired) electrons. The van der Waals surface area contributed by atoms with Crippen LogP contribution >= 0.6 is 0 Å². The number of anilines is 1. The van der Waals surface area contributed by atoms with E-state index in [1.807, 2.05) is 31.2 Å². The van der Waals surface area contributed by atoms with E-state index in [4.69, 9.17) is 9.15 Å². The first-order chi connectivity index (χ1) is 12.2. The van der Waals surface area contributed by atoms with Crippen LogP contribution in [-0.2, 0) is 4.79 Å². The number of rotatable bonds is 6. The fourth-order valence-corrected chi connectivity index (χ4v) is 3.06. The molecule has 1 fully saturated rings. The van der Waals surface area contributed by atoms with Gasteiger partial charge in [0.2, 0.25) is 5.91 Å². The molecule has 0 spiro atoms. The lowest BCUT2D eigenvalue weighted by Gasteiger charge is -2.35. The largest absolute Gasteiger partial charge is 0.497 e. The summed E-state index contributed by atoms with van der Waals surface area (Å²) in [6.07, 6.45) is 1.62. The quantitative estimate of drug-likeness (QED) is 0.872. The molecule has 1 saturated heterocycles. The number of piperazine rings is 1. The number of carbonyl (C=O) groups excluding carboxylic acids is 1. The molecule has 1 N–H and O–H groups in total. The highest BCUT2D eigenvalue weighted by molar-refractivity contribution is 5.78. The van der Waals surface area contributed by atoms with Crippen molar-refractivity contribution in [1.82, 2.24) is 10.2 Å². The van der Waals surface area contributed by atoms with Crippen LogP contribution in [0, 0.1) is 0 Å². The Morgan fingerprint density at radius 2 is 1.92 bits per heavy atom. The number of nitrogens with zero attached hydrogens (tertiary/aromatic N) is 2. The predicted octanol–water partition coefficient (Wildman–Crippen LogP) is 2.29. The molecule has 0 unspecified atom stereocenters. The van der Waals surface area contributed by atoms with Crippen LogP contribution in [0.3, 0.4) is 0 Å².